The summed E-state index contributed by atoms with van der Waals surface area (Å²) in [6.45, 7) is 0.868. The van der Waals surface area contributed by atoms with Crippen LogP contribution in [-0.4, -0.2) is 29.9 Å². The molecule has 2 amide bonds. The first-order valence-corrected chi connectivity index (χ1v) is 9.90. The normalized spacial score (nSPS) is 32.0. The van der Waals surface area contributed by atoms with Crippen LogP contribution in [0.3, 0.4) is 0 Å². The summed E-state index contributed by atoms with van der Waals surface area (Å²) >= 11 is 0. The Morgan fingerprint density at radius 3 is 2.31 bits per heavy atom. The molecule has 156 valence electrons. The van der Waals surface area contributed by atoms with E-state index in [0.717, 1.165) is 31.4 Å². The lowest BCUT2D eigenvalue weighted by molar-refractivity contribution is -0.176. The second kappa shape index (κ2) is 7.07. The molecule has 29 heavy (non-hydrogen) atoms. The van der Waals surface area contributed by atoms with Gasteiger partial charge in [-0.3, -0.25) is 14.4 Å². The van der Waals surface area contributed by atoms with E-state index in [2.05, 4.69) is 10.6 Å². The van der Waals surface area contributed by atoms with Crippen LogP contribution in [0.4, 0.5) is 14.5 Å². The van der Waals surface area contributed by atoms with Gasteiger partial charge in [0.2, 0.25) is 5.91 Å². The molecule has 0 radical (unpaired) electrons. The van der Waals surface area contributed by atoms with Crippen molar-refractivity contribution in [3.8, 4) is 0 Å². The first-order chi connectivity index (χ1) is 13.7. The van der Waals surface area contributed by atoms with Crippen LogP contribution in [0.5, 0.6) is 0 Å². The molecule has 4 aliphatic rings. The average Bonchev–Trinajstić information content (AvgIpc) is 2.60. The van der Waals surface area contributed by atoms with Gasteiger partial charge >= 0.3 is 5.97 Å². The third kappa shape index (κ3) is 3.72. The minimum absolute atomic E-state index is 0.109. The molecule has 0 aliphatic heterocycles. The van der Waals surface area contributed by atoms with Crippen LogP contribution in [0.1, 0.15) is 45.4 Å². The number of hydrogen-bond donors (Lipinski definition) is 2. The minimum Gasteiger partial charge on any atom is -0.455 e. The molecule has 2 N–H and O–H groups in total. The number of amides is 2. The Balaban J connectivity index is 1.42. The molecule has 1 aromatic rings. The van der Waals surface area contributed by atoms with E-state index >= 15 is 0 Å². The lowest BCUT2D eigenvalue weighted by atomic mass is 9.47. The first-order valence-electron chi connectivity index (χ1n) is 9.90. The Labute approximate surface area is 167 Å². The van der Waals surface area contributed by atoms with Gasteiger partial charge in [0, 0.05) is 12.5 Å². The average molecular weight is 406 g/mol. The van der Waals surface area contributed by atoms with Gasteiger partial charge in [0.15, 0.2) is 6.61 Å². The number of para-hydroxylation sites is 1. The highest BCUT2D eigenvalue weighted by Gasteiger charge is 2.61. The fraction of sp³-hybridized carbons (Fsp3) is 0.571. The molecule has 4 saturated carbocycles. The standard InChI is InChI=1S/C21H24F2N2O4/c1-12(26)25-21-8-13-5-14(9-21)7-20(6-13,11-21)19(28)29-10-17(27)24-18-15(22)3-2-4-16(18)23/h2-4,13-14H,5-11H2,1H3,(H,24,27)(H,25,26)/t13-,14-,20?,21?/m0/s1. The van der Waals surface area contributed by atoms with Crippen molar-refractivity contribution in [1.82, 2.24) is 5.32 Å². The zero-order valence-corrected chi connectivity index (χ0v) is 16.2. The van der Waals surface area contributed by atoms with Crippen LogP contribution < -0.4 is 10.6 Å². The molecule has 0 aromatic heterocycles. The quantitative estimate of drug-likeness (QED) is 0.737. The summed E-state index contributed by atoms with van der Waals surface area (Å²) in [6.07, 6.45) is 4.66. The van der Waals surface area contributed by atoms with E-state index in [1.165, 1.54) is 13.0 Å². The Morgan fingerprint density at radius 1 is 1.10 bits per heavy atom. The van der Waals surface area contributed by atoms with Gasteiger partial charge in [-0.1, -0.05) is 6.07 Å². The molecule has 6 nitrogen and oxygen atoms in total. The summed E-state index contributed by atoms with van der Waals surface area (Å²) in [5.74, 6) is -2.49. The molecule has 0 spiro atoms. The van der Waals surface area contributed by atoms with Crippen LogP contribution in [0.2, 0.25) is 0 Å². The monoisotopic (exact) mass is 406 g/mol. The molecule has 8 heteroatoms. The summed E-state index contributed by atoms with van der Waals surface area (Å²) in [4.78, 5) is 36.7. The number of benzene rings is 1. The molecule has 2 atom stereocenters. The maximum atomic E-state index is 13.7. The molecule has 4 bridgehead atoms. The number of rotatable bonds is 5. The van der Waals surface area contributed by atoms with Crippen LogP contribution >= 0.6 is 0 Å². The Kier molecular flexibility index (Phi) is 4.83. The zero-order valence-electron chi connectivity index (χ0n) is 16.2. The van der Waals surface area contributed by atoms with Crippen LogP contribution in [0.15, 0.2) is 18.2 Å². The molecule has 0 unspecified atom stereocenters. The van der Waals surface area contributed by atoms with E-state index in [9.17, 15) is 23.2 Å². The fourth-order valence-corrected chi connectivity index (χ4v) is 6.10. The van der Waals surface area contributed by atoms with Gasteiger partial charge in [0.25, 0.3) is 5.91 Å². The van der Waals surface area contributed by atoms with Gasteiger partial charge in [-0.2, -0.15) is 0 Å². The number of carbonyl (C=O) groups is 3. The van der Waals surface area contributed by atoms with Gasteiger partial charge in [0.1, 0.15) is 17.3 Å². The maximum absolute atomic E-state index is 13.7. The SMILES string of the molecule is CC(=O)NC12C[C@H]3C[C@H](C1)CC(C(=O)OCC(=O)Nc1c(F)cccc1F)(C3)C2. The number of hydrogen-bond acceptors (Lipinski definition) is 4. The predicted molar refractivity (Wildman–Crippen MR) is 99.6 cm³/mol. The van der Waals surface area contributed by atoms with Crippen LogP contribution in [0.25, 0.3) is 0 Å². The van der Waals surface area contributed by atoms with Crippen LogP contribution in [-0.2, 0) is 19.1 Å². The summed E-state index contributed by atoms with van der Waals surface area (Å²) in [5.41, 5.74) is -1.66. The second-order valence-electron chi connectivity index (χ2n) is 8.92. The molecule has 5 rings (SSSR count). The number of halogens is 2. The third-order valence-electron chi connectivity index (χ3n) is 6.50. The number of nitrogens with one attached hydrogen (secondary N) is 2. The van der Waals surface area contributed by atoms with E-state index in [1.54, 1.807) is 0 Å². The van der Waals surface area contributed by atoms with E-state index in [1.807, 2.05) is 0 Å². The first kappa shape index (κ1) is 19.8. The highest BCUT2D eigenvalue weighted by molar-refractivity contribution is 5.93. The molecule has 4 fully saturated rings. The summed E-state index contributed by atoms with van der Waals surface area (Å²) in [5, 5.41) is 5.19. The number of ether oxygens (including phenoxy) is 1. The highest BCUT2D eigenvalue weighted by Crippen LogP contribution is 2.62. The van der Waals surface area contributed by atoms with Crippen molar-refractivity contribution in [3.05, 3.63) is 29.8 Å². The van der Waals surface area contributed by atoms with Crippen molar-refractivity contribution in [2.24, 2.45) is 17.3 Å². The Morgan fingerprint density at radius 2 is 1.72 bits per heavy atom. The van der Waals surface area contributed by atoms with E-state index in [4.69, 9.17) is 4.74 Å². The molecule has 0 saturated heterocycles. The fourth-order valence-electron chi connectivity index (χ4n) is 6.10. The topological polar surface area (TPSA) is 84.5 Å². The van der Waals surface area contributed by atoms with E-state index < -0.39 is 41.2 Å². The third-order valence-corrected chi connectivity index (χ3v) is 6.50. The van der Waals surface area contributed by atoms with Crippen molar-refractivity contribution < 1.29 is 27.9 Å². The minimum atomic E-state index is -0.900. The maximum Gasteiger partial charge on any atom is 0.312 e. The Bertz CT molecular complexity index is 838. The van der Waals surface area contributed by atoms with Crippen molar-refractivity contribution in [3.63, 3.8) is 0 Å². The largest absolute Gasteiger partial charge is 0.455 e. The molecule has 1 aromatic carbocycles. The predicted octanol–water partition coefficient (Wildman–Crippen LogP) is 2.92. The number of anilines is 1. The lowest BCUT2D eigenvalue weighted by Gasteiger charge is -2.60. The molecule has 0 heterocycles. The van der Waals surface area contributed by atoms with E-state index in [-0.39, 0.29) is 11.4 Å². The zero-order chi connectivity index (χ0) is 20.8. The van der Waals surface area contributed by atoms with Crippen molar-refractivity contribution >= 4 is 23.5 Å². The van der Waals surface area contributed by atoms with Gasteiger partial charge in [0.05, 0.1) is 5.41 Å². The molecule has 4 aliphatic carbocycles. The van der Waals surface area contributed by atoms with Gasteiger partial charge in [-0.05, 0) is 62.5 Å². The van der Waals surface area contributed by atoms with Crippen molar-refractivity contribution in [2.45, 2.75) is 51.0 Å². The van der Waals surface area contributed by atoms with Gasteiger partial charge in [-0.15, -0.1) is 0 Å². The van der Waals surface area contributed by atoms with Crippen LogP contribution in [0, 0.1) is 28.9 Å². The Hall–Kier alpha value is -2.51. The number of esters is 1. The lowest BCUT2D eigenvalue weighted by Crippen LogP contribution is -2.64. The summed E-state index contributed by atoms with van der Waals surface area (Å²) in [6, 6.07) is 3.25. The van der Waals surface area contributed by atoms with Gasteiger partial charge in [-0.25, -0.2) is 8.78 Å². The smallest absolute Gasteiger partial charge is 0.312 e. The summed E-state index contributed by atoms with van der Waals surface area (Å²) in [7, 11) is 0. The second-order valence-corrected chi connectivity index (χ2v) is 8.92. The molecular formula is C21H24F2N2O4. The highest BCUT2D eigenvalue weighted by atomic mass is 19.1. The molecular weight excluding hydrogens is 382 g/mol. The van der Waals surface area contributed by atoms with Crippen molar-refractivity contribution in [1.29, 1.82) is 0 Å². The summed E-state index contributed by atoms with van der Waals surface area (Å²) < 4.78 is 32.6. The van der Waals surface area contributed by atoms with Gasteiger partial charge < -0.3 is 15.4 Å². The number of carbonyl (C=O) groups excluding carboxylic acids is 3. The van der Waals surface area contributed by atoms with Crippen molar-refractivity contribution in [2.75, 3.05) is 11.9 Å². The van der Waals surface area contributed by atoms with E-state index in [0.29, 0.717) is 31.1 Å².